The Morgan fingerprint density at radius 2 is 1.74 bits per heavy atom. The average Bonchev–Trinajstić information content (AvgIpc) is 3.39. The van der Waals surface area contributed by atoms with Crippen molar-refractivity contribution in [2.45, 2.75) is 76.1 Å². The molecule has 0 aliphatic carbocycles. The zero-order chi connectivity index (χ0) is 28.6. The van der Waals surface area contributed by atoms with Gasteiger partial charge in [0.2, 0.25) is 17.7 Å². The molecule has 0 spiro atoms. The Labute approximate surface area is 214 Å². The Kier molecular flexibility index (Phi) is 8.05. The lowest BCUT2D eigenvalue weighted by Gasteiger charge is -2.37. The molecule has 2 saturated heterocycles. The maximum absolute atomic E-state index is 13.6. The van der Waals surface area contributed by atoms with Crippen molar-refractivity contribution < 1.29 is 45.5 Å². The highest BCUT2D eigenvalue weighted by Gasteiger charge is 2.54. The number of hydrogen-bond acceptors (Lipinski definition) is 5. The molecule has 0 radical (unpaired) electrons. The van der Waals surface area contributed by atoms with E-state index in [1.54, 1.807) is 17.5 Å². The van der Waals surface area contributed by atoms with E-state index in [-0.39, 0.29) is 19.3 Å². The van der Waals surface area contributed by atoms with Gasteiger partial charge in [0.05, 0.1) is 12.0 Å². The Hall–Kier alpha value is -3.31. The molecule has 3 aliphatic heterocycles. The zero-order valence-corrected chi connectivity index (χ0v) is 20.4. The number of nitrogens with one attached hydrogen (secondary N) is 3. The van der Waals surface area contributed by atoms with Crippen LogP contribution in [0.25, 0.3) is 0 Å². The van der Waals surface area contributed by atoms with Crippen LogP contribution in [0.15, 0.2) is 12.2 Å². The van der Waals surface area contributed by atoms with Crippen LogP contribution in [0.1, 0.15) is 39.5 Å². The number of alkyl halides is 6. The van der Waals surface area contributed by atoms with Gasteiger partial charge in [0.15, 0.2) is 0 Å². The molecule has 15 heteroatoms. The summed E-state index contributed by atoms with van der Waals surface area (Å²) in [6.07, 6.45) is -8.03. The minimum atomic E-state index is -5.39. The maximum atomic E-state index is 13.6. The maximum Gasteiger partial charge on any atom is 0.471 e. The number of carbonyl (C=O) groups excluding carboxylic acids is 4. The second-order valence-electron chi connectivity index (χ2n) is 10.5. The minimum absolute atomic E-state index is 0.104. The van der Waals surface area contributed by atoms with Gasteiger partial charge < -0.3 is 20.9 Å². The van der Waals surface area contributed by atoms with Gasteiger partial charge in [-0.1, -0.05) is 26.0 Å². The fourth-order valence-electron chi connectivity index (χ4n) is 4.99. The summed E-state index contributed by atoms with van der Waals surface area (Å²) in [6, 6.07) is -3.69. The number of fused-ring (bicyclic) bond motifs is 3. The van der Waals surface area contributed by atoms with Gasteiger partial charge in [-0.25, -0.2) is 0 Å². The van der Waals surface area contributed by atoms with Crippen molar-refractivity contribution in [2.24, 2.45) is 17.3 Å². The first-order valence-corrected chi connectivity index (χ1v) is 11.9. The van der Waals surface area contributed by atoms with E-state index < -0.39 is 90.4 Å². The molecule has 0 saturated carbocycles. The number of hydrogen-bond donors (Lipinski definition) is 3. The van der Waals surface area contributed by atoms with Gasteiger partial charge in [-0.15, -0.1) is 0 Å². The van der Waals surface area contributed by atoms with Gasteiger partial charge in [-0.05, 0) is 31.1 Å². The number of allylic oxidation sites excluding steroid dienone is 1. The molecule has 0 aromatic rings. The van der Waals surface area contributed by atoms with Crippen LogP contribution in [0.4, 0.5) is 26.3 Å². The van der Waals surface area contributed by atoms with Crippen LogP contribution in [0, 0.1) is 28.6 Å². The molecule has 3 N–H and O–H groups in total. The number of halogens is 6. The molecule has 210 valence electrons. The van der Waals surface area contributed by atoms with E-state index in [1.807, 2.05) is 0 Å². The molecule has 3 rings (SSSR count). The van der Waals surface area contributed by atoms with Gasteiger partial charge in [-0.2, -0.15) is 31.6 Å². The van der Waals surface area contributed by atoms with Gasteiger partial charge >= 0.3 is 18.3 Å². The summed E-state index contributed by atoms with van der Waals surface area (Å²) in [4.78, 5) is 51.3. The molecule has 2 bridgehead atoms. The fraction of sp³-hybridized carbons (Fsp3) is 0.696. The zero-order valence-electron chi connectivity index (χ0n) is 20.4. The highest BCUT2D eigenvalue weighted by atomic mass is 19.4. The number of nitrogens with zero attached hydrogens (tertiary/aromatic N) is 2. The predicted octanol–water partition coefficient (Wildman–Crippen LogP) is 1.70. The number of amides is 4. The van der Waals surface area contributed by atoms with Crippen molar-refractivity contribution in [3.05, 3.63) is 12.2 Å². The lowest BCUT2D eigenvalue weighted by atomic mass is 9.79. The van der Waals surface area contributed by atoms with E-state index in [2.05, 4.69) is 10.6 Å². The van der Waals surface area contributed by atoms with Crippen LogP contribution >= 0.6 is 0 Å². The summed E-state index contributed by atoms with van der Waals surface area (Å²) in [7, 11) is 0. The molecule has 2 fully saturated rings. The minimum Gasteiger partial charge on any atom is -0.350 e. The normalized spacial score (nSPS) is 33.2. The summed E-state index contributed by atoms with van der Waals surface area (Å²) in [5, 5.41) is 16.1. The van der Waals surface area contributed by atoms with Crippen LogP contribution < -0.4 is 16.0 Å². The van der Waals surface area contributed by atoms with Crippen molar-refractivity contribution in [1.82, 2.24) is 20.9 Å². The Morgan fingerprint density at radius 1 is 1.08 bits per heavy atom. The molecule has 3 aliphatic rings. The van der Waals surface area contributed by atoms with Crippen molar-refractivity contribution in [3.8, 4) is 6.07 Å². The highest BCUT2D eigenvalue weighted by Crippen LogP contribution is 2.39. The Morgan fingerprint density at radius 3 is 2.32 bits per heavy atom. The predicted molar refractivity (Wildman–Crippen MR) is 117 cm³/mol. The fourth-order valence-corrected chi connectivity index (χ4v) is 4.99. The smallest absolute Gasteiger partial charge is 0.350 e. The van der Waals surface area contributed by atoms with Crippen LogP contribution in [-0.2, 0) is 19.2 Å². The molecular weight excluding hydrogens is 524 g/mol. The topological polar surface area (TPSA) is 131 Å². The van der Waals surface area contributed by atoms with Gasteiger partial charge in [0, 0.05) is 18.5 Å². The Bertz CT molecular complexity index is 1050. The van der Waals surface area contributed by atoms with Crippen molar-refractivity contribution >= 4 is 23.6 Å². The third kappa shape index (κ3) is 6.39. The van der Waals surface area contributed by atoms with Crippen molar-refractivity contribution in [1.29, 1.82) is 5.26 Å². The second-order valence-corrected chi connectivity index (χ2v) is 10.5. The molecule has 3 heterocycles. The number of carbonyl (C=O) groups is 4. The summed E-state index contributed by atoms with van der Waals surface area (Å²) in [6.45, 7) is 1.68. The highest BCUT2D eigenvalue weighted by molar-refractivity contribution is 5.94. The van der Waals surface area contributed by atoms with Crippen molar-refractivity contribution in [3.63, 3.8) is 0 Å². The third-order valence-corrected chi connectivity index (χ3v) is 7.15. The monoisotopic (exact) mass is 551 g/mol. The summed E-state index contributed by atoms with van der Waals surface area (Å²) >= 11 is 0. The largest absolute Gasteiger partial charge is 0.471 e. The van der Waals surface area contributed by atoms with Crippen LogP contribution in [-0.4, -0.2) is 71.6 Å². The molecule has 4 amide bonds. The third-order valence-electron chi connectivity index (χ3n) is 7.15. The van der Waals surface area contributed by atoms with E-state index in [0.717, 1.165) is 0 Å². The van der Waals surface area contributed by atoms with Crippen LogP contribution in [0.3, 0.4) is 0 Å². The molecule has 9 nitrogen and oxygen atoms in total. The molecular formula is C23H27F6N5O4. The van der Waals surface area contributed by atoms with Gasteiger partial charge in [-0.3, -0.25) is 19.2 Å². The first-order chi connectivity index (χ1) is 17.4. The summed E-state index contributed by atoms with van der Waals surface area (Å²) < 4.78 is 80.2. The second kappa shape index (κ2) is 10.5. The molecule has 0 unspecified atom stereocenters. The van der Waals surface area contributed by atoms with Crippen molar-refractivity contribution in [2.75, 3.05) is 6.54 Å². The summed E-state index contributed by atoms with van der Waals surface area (Å²) in [5.74, 6) is -8.11. The van der Waals surface area contributed by atoms with E-state index in [4.69, 9.17) is 0 Å². The summed E-state index contributed by atoms with van der Waals surface area (Å²) in [5.41, 5.74) is -1.46. The lowest BCUT2D eigenvalue weighted by molar-refractivity contribution is -0.177. The first kappa shape index (κ1) is 29.2. The van der Waals surface area contributed by atoms with E-state index in [1.165, 1.54) is 19.9 Å². The van der Waals surface area contributed by atoms with E-state index in [9.17, 15) is 50.8 Å². The van der Waals surface area contributed by atoms with Gasteiger partial charge in [0.25, 0.3) is 0 Å². The van der Waals surface area contributed by atoms with E-state index >= 15 is 0 Å². The molecule has 0 aromatic carbocycles. The molecule has 6 atom stereocenters. The molecule has 38 heavy (non-hydrogen) atoms. The average molecular weight is 551 g/mol. The molecule has 0 aromatic heterocycles. The Balaban J connectivity index is 2.06. The standard InChI is InChI=1S/C23H27F6N5O4/c1-21(2)5-3-4-13-6-11(17(35)31-13)7-14(9-30)32-18(36)15-8-12(22(24,25)26)10-34(15)19(37)16(21)33-20(38)23(27,28)29/h3-4,11-16H,5-8,10H2,1-2H3,(H,31,35)(H,32,36)(H,33,38)/b4-3+/t11-,12+,13+,14-,15-,16+/m0/s1. The first-order valence-electron chi connectivity index (χ1n) is 11.9. The SMILES string of the molecule is CC1(C)C/C=C/[C@@H]2C[C@@H](C[C@@H](C#N)NC(=O)[C@@H]3C[C@@H](C(F)(F)F)CN3C(=O)[C@H]1NC(=O)C(F)(F)F)C(=O)N2. The van der Waals surface area contributed by atoms with Crippen LogP contribution in [0.5, 0.6) is 0 Å². The van der Waals surface area contributed by atoms with Gasteiger partial charge in [0.1, 0.15) is 18.1 Å². The van der Waals surface area contributed by atoms with Crippen LogP contribution in [0.2, 0.25) is 0 Å². The number of nitriles is 1. The lowest BCUT2D eigenvalue weighted by Crippen LogP contribution is -2.60. The van der Waals surface area contributed by atoms with E-state index in [0.29, 0.717) is 4.90 Å². The number of rotatable bonds is 1. The quantitative estimate of drug-likeness (QED) is 0.337.